The zero-order valence-corrected chi connectivity index (χ0v) is 21.8. The van der Waals surface area contributed by atoms with Gasteiger partial charge in [-0.3, -0.25) is 0 Å². The number of aromatic nitrogens is 1. The number of nitrogens with one attached hydrogen (secondary N) is 4. The molecule has 0 fully saturated rings. The second-order valence-electron chi connectivity index (χ2n) is 8.61. The number of hydrogen-bond donors (Lipinski definition) is 4. The zero-order valence-electron chi connectivity index (χ0n) is 21.8. The Kier molecular flexibility index (Phi) is 9.52. The van der Waals surface area contributed by atoms with Crippen molar-refractivity contribution in [1.82, 2.24) is 15.6 Å². The Labute approximate surface area is 226 Å². The molecule has 202 valence electrons. The van der Waals surface area contributed by atoms with Gasteiger partial charge in [0.2, 0.25) is 0 Å². The summed E-state index contributed by atoms with van der Waals surface area (Å²) >= 11 is 0. The number of anilines is 2. The second-order valence-corrected chi connectivity index (χ2v) is 8.61. The van der Waals surface area contributed by atoms with E-state index in [0.29, 0.717) is 35.9 Å². The van der Waals surface area contributed by atoms with Crippen LogP contribution in [0.4, 0.5) is 21.0 Å². The van der Waals surface area contributed by atoms with E-state index in [9.17, 15) is 9.59 Å². The van der Waals surface area contributed by atoms with Crippen LogP contribution in [0.25, 0.3) is 11.3 Å². The summed E-state index contributed by atoms with van der Waals surface area (Å²) in [5, 5.41) is 11.5. The maximum atomic E-state index is 12.6. The van der Waals surface area contributed by atoms with Crippen LogP contribution in [0.15, 0.2) is 89.8 Å². The number of nitrogens with zero attached hydrogens (tertiary/aromatic N) is 1. The minimum absolute atomic E-state index is 0.240. The number of urea groups is 1. The summed E-state index contributed by atoms with van der Waals surface area (Å²) in [7, 11) is 3.40. The minimum Gasteiger partial charge on any atom is -0.496 e. The molecule has 0 aliphatic rings. The van der Waals surface area contributed by atoms with Crippen LogP contribution < -0.4 is 26.0 Å². The van der Waals surface area contributed by atoms with Gasteiger partial charge in [0, 0.05) is 30.4 Å². The Morgan fingerprint density at radius 1 is 0.974 bits per heavy atom. The number of methoxy groups -OCH3 is 1. The lowest BCUT2D eigenvalue weighted by molar-refractivity contribution is 0.0923. The van der Waals surface area contributed by atoms with Crippen LogP contribution in [0, 0.1) is 0 Å². The standard InChI is InChI=1S/C29H31N5O5/c1-30-14-13-25(21-8-4-3-5-9-21)39-29(36)32-17-20-7-6-10-22(15-20)33-28(35)34-23-11-12-24(26(16-23)37-2)27-18-31-19-38-27/h3-12,15-16,18-19,25,30H,13-14,17H2,1-2H3,(H,32,36)(H2,33,34,35). The summed E-state index contributed by atoms with van der Waals surface area (Å²) in [4.78, 5) is 29.1. The Morgan fingerprint density at radius 3 is 2.49 bits per heavy atom. The van der Waals surface area contributed by atoms with Gasteiger partial charge >= 0.3 is 12.1 Å². The SMILES string of the molecule is CNCCC(OC(=O)NCc1cccc(NC(=O)Nc2ccc(-c3cnco3)c(OC)c2)c1)c1ccccc1. The van der Waals surface area contributed by atoms with Gasteiger partial charge in [0.1, 0.15) is 11.9 Å². The van der Waals surface area contributed by atoms with Crippen LogP contribution in [0.1, 0.15) is 23.7 Å². The highest BCUT2D eigenvalue weighted by Crippen LogP contribution is 2.32. The van der Waals surface area contributed by atoms with Crippen molar-refractivity contribution < 1.29 is 23.5 Å². The van der Waals surface area contributed by atoms with Gasteiger partial charge in [0.25, 0.3) is 0 Å². The van der Waals surface area contributed by atoms with Gasteiger partial charge < -0.3 is 35.2 Å². The predicted molar refractivity (Wildman–Crippen MR) is 149 cm³/mol. The van der Waals surface area contributed by atoms with Gasteiger partial charge in [-0.1, -0.05) is 42.5 Å². The van der Waals surface area contributed by atoms with Crippen molar-refractivity contribution in [2.75, 3.05) is 31.3 Å². The fourth-order valence-corrected chi connectivity index (χ4v) is 3.96. The van der Waals surface area contributed by atoms with E-state index in [0.717, 1.165) is 16.7 Å². The van der Waals surface area contributed by atoms with Crippen LogP contribution in [0.2, 0.25) is 0 Å². The Morgan fingerprint density at radius 2 is 1.77 bits per heavy atom. The third-order valence-electron chi connectivity index (χ3n) is 5.86. The highest BCUT2D eigenvalue weighted by molar-refractivity contribution is 6.00. The average Bonchev–Trinajstić information content (AvgIpc) is 3.49. The summed E-state index contributed by atoms with van der Waals surface area (Å²) in [6.45, 7) is 0.949. The average molecular weight is 530 g/mol. The molecule has 1 heterocycles. The summed E-state index contributed by atoms with van der Waals surface area (Å²) in [6.07, 6.45) is 2.70. The van der Waals surface area contributed by atoms with E-state index >= 15 is 0 Å². The first-order valence-electron chi connectivity index (χ1n) is 12.4. The van der Waals surface area contributed by atoms with Crippen molar-refractivity contribution in [3.63, 3.8) is 0 Å². The van der Waals surface area contributed by atoms with Crippen molar-refractivity contribution in [3.8, 4) is 17.1 Å². The fraction of sp³-hybridized carbons (Fsp3) is 0.207. The van der Waals surface area contributed by atoms with Crippen molar-refractivity contribution in [3.05, 3.63) is 96.5 Å². The van der Waals surface area contributed by atoms with Gasteiger partial charge in [0.05, 0.1) is 18.9 Å². The number of hydrogen-bond acceptors (Lipinski definition) is 7. The number of ether oxygens (including phenoxy) is 2. The van der Waals surface area contributed by atoms with Crippen molar-refractivity contribution in [2.24, 2.45) is 0 Å². The lowest BCUT2D eigenvalue weighted by atomic mass is 10.1. The third kappa shape index (κ3) is 7.83. The normalized spacial score (nSPS) is 11.3. The molecule has 1 aromatic heterocycles. The first-order valence-corrected chi connectivity index (χ1v) is 12.4. The predicted octanol–water partition coefficient (Wildman–Crippen LogP) is 5.57. The van der Waals surface area contributed by atoms with E-state index in [2.05, 4.69) is 26.3 Å². The van der Waals surface area contributed by atoms with Gasteiger partial charge in [0.15, 0.2) is 12.2 Å². The smallest absolute Gasteiger partial charge is 0.408 e. The van der Waals surface area contributed by atoms with Crippen molar-refractivity contribution in [2.45, 2.75) is 19.1 Å². The molecule has 1 atom stereocenters. The molecule has 1 unspecified atom stereocenters. The number of oxazole rings is 1. The number of amides is 3. The van der Waals surface area contributed by atoms with E-state index in [4.69, 9.17) is 13.9 Å². The molecular weight excluding hydrogens is 498 g/mol. The van der Waals surface area contributed by atoms with Crippen LogP contribution in [-0.2, 0) is 11.3 Å². The van der Waals surface area contributed by atoms with Crippen LogP contribution in [-0.4, -0.2) is 37.8 Å². The Bertz CT molecular complexity index is 1360. The first kappa shape index (κ1) is 27.2. The largest absolute Gasteiger partial charge is 0.496 e. The number of benzene rings is 3. The number of carbonyl (C=O) groups excluding carboxylic acids is 2. The molecule has 4 N–H and O–H groups in total. The molecule has 0 spiro atoms. The lowest BCUT2D eigenvalue weighted by Crippen LogP contribution is -2.27. The first-order chi connectivity index (χ1) is 19.1. The topological polar surface area (TPSA) is 127 Å². The zero-order chi connectivity index (χ0) is 27.5. The molecule has 0 saturated carbocycles. The van der Waals surface area contributed by atoms with Gasteiger partial charge in [-0.05, 0) is 49.0 Å². The highest BCUT2D eigenvalue weighted by Gasteiger charge is 2.16. The number of alkyl carbamates (subject to hydrolysis) is 1. The highest BCUT2D eigenvalue weighted by atomic mass is 16.6. The summed E-state index contributed by atoms with van der Waals surface area (Å²) in [5.41, 5.74) is 3.57. The molecule has 0 aliphatic carbocycles. The molecule has 4 aromatic rings. The van der Waals surface area contributed by atoms with E-state index < -0.39 is 12.1 Å². The molecule has 39 heavy (non-hydrogen) atoms. The molecule has 0 bridgehead atoms. The summed E-state index contributed by atoms with van der Waals surface area (Å²) in [6, 6.07) is 21.6. The molecule has 3 aromatic carbocycles. The van der Waals surface area contributed by atoms with E-state index in [1.54, 1.807) is 49.7 Å². The molecule has 10 nitrogen and oxygen atoms in total. The van der Waals surface area contributed by atoms with E-state index in [1.807, 2.05) is 43.4 Å². The van der Waals surface area contributed by atoms with Gasteiger partial charge in [-0.2, -0.15) is 0 Å². The molecule has 3 amide bonds. The Hall–Kier alpha value is -4.83. The van der Waals surface area contributed by atoms with E-state index in [-0.39, 0.29) is 12.6 Å². The van der Waals surface area contributed by atoms with Crippen LogP contribution in [0.3, 0.4) is 0 Å². The van der Waals surface area contributed by atoms with Gasteiger partial charge in [-0.25, -0.2) is 14.6 Å². The fourth-order valence-electron chi connectivity index (χ4n) is 3.96. The van der Waals surface area contributed by atoms with Crippen molar-refractivity contribution in [1.29, 1.82) is 0 Å². The molecule has 0 radical (unpaired) electrons. The summed E-state index contributed by atoms with van der Waals surface area (Å²) < 4.78 is 16.5. The van der Waals surface area contributed by atoms with Crippen LogP contribution >= 0.6 is 0 Å². The van der Waals surface area contributed by atoms with E-state index in [1.165, 1.54) is 6.39 Å². The Balaban J connectivity index is 1.31. The number of carbonyl (C=O) groups is 2. The van der Waals surface area contributed by atoms with Crippen LogP contribution in [0.5, 0.6) is 5.75 Å². The maximum Gasteiger partial charge on any atom is 0.408 e. The minimum atomic E-state index is -0.515. The molecule has 4 rings (SSSR count). The van der Waals surface area contributed by atoms with Crippen molar-refractivity contribution >= 4 is 23.5 Å². The molecule has 0 saturated heterocycles. The summed E-state index contributed by atoms with van der Waals surface area (Å²) in [5.74, 6) is 1.09. The number of rotatable bonds is 11. The lowest BCUT2D eigenvalue weighted by Gasteiger charge is -2.18. The quantitative estimate of drug-likeness (QED) is 0.200. The second kappa shape index (κ2) is 13.6. The third-order valence-corrected chi connectivity index (χ3v) is 5.86. The molecular formula is C29H31N5O5. The monoisotopic (exact) mass is 529 g/mol. The molecule has 0 aliphatic heterocycles. The maximum absolute atomic E-state index is 12.6. The molecule has 10 heteroatoms. The van der Waals surface area contributed by atoms with Gasteiger partial charge in [-0.15, -0.1) is 0 Å².